The number of ether oxygens (including phenoxy) is 1. The zero-order chi connectivity index (χ0) is 15.4. The third-order valence-corrected chi connectivity index (χ3v) is 4.65. The molecule has 1 atom stereocenters. The van der Waals surface area contributed by atoms with Crippen LogP contribution in [0.5, 0.6) is 5.75 Å². The van der Waals surface area contributed by atoms with Crippen LogP contribution in [-0.2, 0) is 11.2 Å². The van der Waals surface area contributed by atoms with Crippen LogP contribution >= 0.6 is 0 Å². The minimum atomic E-state index is -0.341. The summed E-state index contributed by atoms with van der Waals surface area (Å²) in [6.45, 7) is 1.18. The summed E-state index contributed by atoms with van der Waals surface area (Å²) < 4.78 is 6.01. The molecular formula is C18H25NO3. The van der Waals surface area contributed by atoms with Crippen molar-refractivity contribution in [3.63, 3.8) is 0 Å². The first-order chi connectivity index (χ1) is 10.7. The number of aliphatic hydroxyl groups is 1. The standard InChI is InChI=1S/C18H25NO3/c20-15-10-11-19(13-15)18(21)9-8-14-4-3-7-17(12-14)22-16-5-1-2-6-16/h3-4,7,12,15-16,20H,1-2,5-6,8-11,13H2/t15-/m1/s1. The van der Waals surface area contributed by atoms with E-state index in [1.54, 1.807) is 4.90 Å². The van der Waals surface area contributed by atoms with Crippen molar-refractivity contribution in [3.8, 4) is 5.75 Å². The predicted octanol–water partition coefficient (Wildman–Crippen LogP) is 2.53. The van der Waals surface area contributed by atoms with Crippen LogP contribution in [0.1, 0.15) is 44.1 Å². The third-order valence-electron chi connectivity index (χ3n) is 4.65. The Morgan fingerprint density at radius 1 is 1.27 bits per heavy atom. The van der Waals surface area contributed by atoms with Gasteiger partial charge in [0.2, 0.25) is 5.91 Å². The van der Waals surface area contributed by atoms with Crippen molar-refractivity contribution in [2.75, 3.05) is 13.1 Å². The highest BCUT2D eigenvalue weighted by Crippen LogP contribution is 2.25. The lowest BCUT2D eigenvalue weighted by atomic mass is 10.1. The third kappa shape index (κ3) is 4.01. The summed E-state index contributed by atoms with van der Waals surface area (Å²) in [5, 5.41) is 9.50. The first-order valence-electron chi connectivity index (χ1n) is 8.42. The van der Waals surface area contributed by atoms with Crippen LogP contribution in [-0.4, -0.2) is 41.2 Å². The molecule has 0 aromatic heterocycles. The van der Waals surface area contributed by atoms with Gasteiger partial charge in [0.05, 0.1) is 12.2 Å². The second kappa shape index (κ2) is 7.14. The van der Waals surface area contributed by atoms with Crippen LogP contribution in [0.15, 0.2) is 24.3 Å². The van der Waals surface area contributed by atoms with Gasteiger partial charge in [-0.05, 0) is 56.2 Å². The summed E-state index contributed by atoms with van der Waals surface area (Å²) in [7, 11) is 0. The number of likely N-dealkylation sites (tertiary alicyclic amines) is 1. The number of nitrogens with zero attached hydrogens (tertiary/aromatic N) is 1. The first kappa shape index (κ1) is 15.3. The normalized spacial score (nSPS) is 22.2. The molecule has 1 aliphatic heterocycles. The number of amides is 1. The Morgan fingerprint density at radius 2 is 2.09 bits per heavy atom. The van der Waals surface area contributed by atoms with Crippen LogP contribution in [0.25, 0.3) is 0 Å². The Kier molecular flexibility index (Phi) is 4.98. The number of β-amino-alcohol motifs (C(OH)–C–C–N with tert-alkyl or cyclic N) is 1. The molecule has 1 saturated carbocycles. The van der Waals surface area contributed by atoms with Crippen LogP contribution in [0.3, 0.4) is 0 Å². The monoisotopic (exact) mass is 303 g/mol. The van der Waals surface area contributed by atoms with E-state index in [0.29, 0.717) is 32.0 Å². The second-order valence-corrected chi connectivity index (χ2v) is 6.45. The van der Waals surface area contributed by atoms with E-state index in [2.05, 4.69) is 6.07 Å². The lowest BCUT2D eigenvalue weighted by Crippen LogP contribution is -2.29. The van der Waals surface area contributed by atoms with E-state index in [1.807, 2.05) is 18.2 Å². The van der Waals surface area contributed by atoms with E-state index in [1.165, 1.54) is 12.8 Å². The lowest BCUT2D eigenvalue weighted by molar-refractivity contribution is -0.130. The van der Waals surface area contributed by atoms with E-state index in [4.69, 9.17) is 4.74 Å². The Labute approximate surface area is 132 Å². The molecule has 0 radical (unpaired) electrons. The van der Waals surface area contributed by atoms with Gasteiger partial charge < -0.3 is 14.7 Å². The fraction of sp³-hybridized carbons (Fsp3) is 0.611. The Morgan fingerprint density at radius 3 is 2.82 bits per heavy atom. The van der Waals surface area contributed by atoms with Gasteiger partial charge in [-0.1, -0.05) is 12.1 Å². The Balaban J connectivity index is 1.50. The molecule has 22 heavy (non-hydrogen) atoms. The predicted molar refractivity (Wildman–Crippen MR) is 84.9 cm³/mol. The SMILES string of the molecule is O=C(CCc1cccc(OC2CCCC2)c1)N1CC[C@@H](O)C1. The summed E-state index contributed by atoms with van der Waals surface area (Å²) in [5.74, 6) is 1.06. The molecule has 1 aliphatic carbocycles. The number of carbonyl (C=O) groups excluding carboxylic acids is 1. The molecule has 0 spiro atoms. The second-order valence-electron chi connectivity index (χ2n) is 6.45. The molecule has 1 aromatic carbocycles. The van der Waals surface area contributed by atoms with Gasteiger partial charge in [-0.2, -0.15) is 0 Å². The summed E-state index contributed by atoms with van der Waals surface area (Å²) >= 11 is 0. The van der Waals surface area contributed by atoms with Crippen LogP contribution in [0.2, 0.25) is 0 Å². The summed E-state index contributed by atoms with van der Waals surface area (Å²) in [5.41, 5.74) is 1.14. The van der Waals surface area contributed by atoms with E-state index in [9.17, 15) is 9.90 Å². The van der Waals surface area contributed by atoms with Crippen molar-refractivity contribution in [1.82, 2.24) is 4.90 Å². The average Bonchev–Trinajstić information content (AvgIpc) is 3.17. The molecule has 1 amide bonds. The Hall–Kier alpha value is -1.55. The minimum Gasteiger partial charge on any atom is -0.490 e. The van der Waals surface area contributed by atoms with E-state index < -0.39 is 0 Å². The lowest BCUT2D eigenvalue weighted by Gasteiger charge is -2.16. The van der Waals surface area contributed by atoms with Gasteiger partial charge in [0.15, 0.2) is 0 Å². The first-order valence-corrected chi connectivity index (χ1v) is 8.42. The number of rotatable bonds is 5. The molecule has 0 bridgehead atoms. The highest BCUT2D eigenvalue weighted by atomic mass is 16.5. The van der Waals surface area contributed by atoms with Crippen molar-refractivity contribution < 1.29 is 14.6 Å². The number of aliphatic hydroxyl groups excluding tert-OH is 1. The summed E-state index contributed by atoms with van der Waals surface area (Å²) in [4.78, 5) is 13.9. The number of hydrogen-bond donors (Lipinski definition) is 1. The molecule has 2 aliphatic rings. The fourth-order valence-electron chi connectivity index (χ4n) is 3.35. The van der Waals surface area contributed by atoms with Crippen LogP contribution in [0.4, 0.5) is 0 Å². The van der Waals surface area contributed by atoms with Crippen molar-refractivity contribution in [2.24, 2.45) is 0 Å². The van der Waals surface area contributed by atoms with Gasteiger partial charge in [0.1, 0.15) is 5.75 Å². The molecule has 4 heteroatoms. The van der Waals surface area contributed by atoms with Gasteiger partial charge in [0.25, 0.3) is 0 Å². The molecule has 2 fully saturated rings. The average molecular weight is 303 g/mol. The van der Waals surface area contributed by atoms with Gasteiger partial charge in [-0.15, -0.1) is 0 Å². The molecule has 1 heterocycles. The van der Waals surface area contributed by atoms with E-state index in [-0.39, 0.29) is 12.0 Å². The molecule has 1 aromatic rings. The zero-order valence-electron chi connectivity index (χ0n) is 13.0. The summed E-state index contributed by atoms with van der Waals surface area (Å²) in [6, 6.07) is 8.11. The minimum absolute atomic E-state index is 0.138. The van der Waals surface area contributed by atoms with Crippen molar-refractivity contribution >= 4 is 5.91 Å². The number of benzene rings is 1. The molecular weight excluding hydrogens is 278 g/mol. The molecule has 1 N–H and O–H groups in total. The van der Waals surface area contributed by atoms with Crippen molar-refractivity contribution in [1.29, 1.82) is 0 Å². The van der Waals surface area contributed by atoms with Gasteiger partial charge in [0, 0.05) is 19.5 Å². The van der Waals surface area contributed by atoms with Crippen molar-refractivity contribution in [3.05, 3.63) is 29.8 Å². The van der Waals surface area contributed by atoms with E-state index >= 15 is 0 Å². The highest BCUT2D eigenvalue weighted by molar-refractivity contribution is 5.76. The van der Waals surface area contributed by atoms with Crippen LogP contribution in [0, 0.1) is 0 Å². The van der Waals surface area contributed by atoms with E-state index in [0.717, 1.165) is 30.6 Å². The number of carbonyl (C=O) groups is 1. The molecule has 0 unspecified atom stereocenters. The van der Waals surface area contributed by atoms with Crippen molar-refractivity contribution in [2.45, 2.75) is 57.2 Å². The maximum Gasteiger partial charge on any atom is 0.222 e. The van der Waals surface area contributed by atoms with Gasteiger partial charge in [-0.3, -0.25) is 4.79 Å². The fourth-order valence-corrected chi connectivity index (χ4v) is 3.35. The maximum absolute atomic E-state index is 12.1. The molecule has 1 saturated heterocycles. The Bertz CT molecular complexity index is 511. The van der Waals surface area contributed by atoms with Gasteiger partial charge >= 0.3 is 0 Å². The zero-order valence-corrected chi connectivity index (χ0v) is 13.0. The summed E-state index contributed by atoms with van der Waals surface area (Å²) in [6.07, 6.45) is 6.79. The maximum atomic E-state index is 12.1. The molecule has 4 nitrogen and oxygen atoms in total. The largest absolute Gasteiger partial charge is 0.490 e. The number of hydrogen-bond acceptors (Lipinski definition) is 3. The molecule has 120 valence electrons. The topological polar surface area (TPSA) is 49.8 Å². The molecule has 3 rings (SSSR count). The quantitative estimate of drug-likeness (QED) is 0.909. The number of aryl methyl sites for hydroxylation is 1. The van der Waals surface area contributed by atoms with Gasteiger partial charge in [-0.25, -0.2) is 0 Å². The smallest absolute Gasteiger partial charge is 0.222 e. The highest BCUT2D eigenvalue weighted by Gasteiger charge is 2.24. The van der Waals surface area contributed by atoms with Crippen LogP contribution < -0.4 is 4.74 Å².